The summed E-state index contributed by atoms with van der Waals surface area (Å²) < 4.78 is 128. The van der Waals surface area contributed by atoms with E-state index in [0.29, 0.717) is 0 Å². The van der Waals surface area contributed by atoms with Crippen molar-refractivity contribution < 1.29 is 62.7 Å². The van der Waals surface area contributed by atoms with Crippen LogP contribution in [0, 0.1) is 0 Å². The third-order valence-corrected chi connectivity index (χ3v) is 2.44. The van der Waals surface area contributed by atoms with Gasteiger partial charge in [0.1, 0.15) is 0 Å². The van der Waals surface area contributed by atoms with Crippen LogP contribution in [0.2, 0.25) is 0 Å². The van der Waals surface area contributed by atoms with E-state index in [9.17, 15) is 48.3 Å². The van der Waals surface area contributed by atoms with Gasteiger partial charge in [0.25, 0.3) is 0 Å². The molecule has 0 rings (SSSR count). The minimum atomic E-state index is -7.03. The van der Waals surface area contributed by atoms with Crippen LogP contribution < -0.4 is 0 Å². The molecule has 0 atom stereocenters. The lowest BCUT2D eigenvalue weighted by molar-refractivity contribution is -0.449. The molecule has 0 aromatic heterocycles. The number of hydrogen-bond acceptors (Lipinski definition) is 4. The first-order chi connectivity index (χ1) is 8.40. The average molecular weight is 342 g/mol. The molecule has 0 aromatic rings. The molecule has 15 heteroatoms. The van der Waals surface area contributed by atoms with Gasteiger partial charge in [-0.1, -0.05) is 0 Å². The average Bonchev–Trinajstić information content (AvgIpc) is 2.12. The number of alkyl halides is 8. The van der Waals surface area contributed by atoms with Crippen molar-refractivity contribution in [1.29, 1.82) is 0 Å². The Kier molecular flexibility index (Phi) is 4.37. The Morgan fingerprint density at radius 3 is 1.50 bits per heavy atom. The zero-order valence-corrected chi connectivity index (χ0v) is 9.28. The fourth-order valence-corrected chi connectivity index (χ4v) is 0.901. The molecule has 0 radical (unpaired) electrons. The second kappa shape index (κ2) is 4.66. The normalized spacial score (nSPS) is 15.2. The van der Waals surface area contributed by atoms with Crippen molar-refractivity contribution in [2.45, 2.75) is 23.4 Å². The van der Waals surface area contributed by atoms with Crippen LogP contribution in [0.3, 0.4) is 0 Å². The van der Waals surface area contributed by atoms with E-state index < -0.39 is 39.5 Å². The van der Waals surface area contributed by atoms with Gasteiger partial charge in [0.05, 0.1) is 0 Å². The Bertz CT molecular complexity index is 497. The van der Waals surface area contributed by atoms with Crippen LogP contribution in [0.4, 0.5) is 35.1 Å². The van der Waals surface area contributed by atoms with Gasteiger partial charge < -0.3 is 5.11 Å². The highest BCUT2D eigenvalue weighted by Crippen LogP contribution is 2.46. The zero-order valence-electron chi connectivity index (χ0n) is 8.46. The van der Waals surface area contributed by atoms with Crippen LogP contribution in [0.5, 0.6) is 0 Å². The second-order valence-electron chi connectivity index (χ2n) is 3.01. The maximum atomic E-state index is 12.5. The predicted octanol–water partition coefficient (Wildman–Crippen LogP) is 1.39. The molecule has 0 saturated carbocycles. The number of rotatable bonds is 6. The van der Waals surface area contributed by atoms with Crippen molar-refractivity contribution >= 4 is 16.1 Å². The lowest BCUT2D eigenvalue weighted by Gasteiger charge is -2.29. The third-order valence-electron chi connectivity index (χ3n) is 1.55. The zero-order chi connectivity index (χ0) is 16.8. The maximum Gasteiger partial charge on any atom is 0.460 e. The van der Waals surface area contributed by atoms with Gasteiger partial charge in [-0.25, -0.2) is 9.53 Å². The molecular weight excluding hydrogens is 340 g/mol. The first-order valence-electron chi connectivity index (χ1n) is 3.82. The Morgan fingerprint density at radius 2 is 1.25 bits per heavy atom. The van der Waals surface area contributed by atoms with E-state index in [4.69, 9.17) is 9.66 Å². The van der Waals surface area contributed by atoms with E-state index in [2.05, 4.69) is 0 Å². The van der Waals surface area contributed by atoms with Crippen molar-refractivity contribution in [2.24, 2.45) is 0 Å². The minimum Gasteiger partial charge on any atom is -0.477 e. The quantitative estimate of drug-likeness (QED) is 0.559. The number of carboxylic acids is 1. The highest BCUT2D eigenvalue weighted by atomic mass is 32.2. The summed E-state index contributed by atoms with van der Waals surface area (Å²) in [5.74, 6) is -10.1. The molecule has 0 aromatic carbocycles. The topological polar surface area (TPSA) is 101 Å². The number of halogens is 8. The van der Waals surface area contributed by atoms with E-state index in [1.54, 1.807) is 4.74 Å². The van der Waals surface area contributed by atoms with Gasteiger partial charge in [-0.3, -0.25) is 4.55 Å². The molecule has 0 heterocycles. The Hall–Kier alpha value is -1.22. The number of carboxylic acid groups (broad SMARTS) is 1. The molecule has 6 nitrogen and oxygen atoms in total. The van der Waals surface area contributed by atoms with E-state index in [1.165, 1.54) is 0 Å². The van der Waals surface area contributed by atoms with E-state index in [0.717, 1.165) is 0 Å². The molecule has 0 aliphatic rings. The smallest absolute Gasteiger partial charge is 0.460 e. The van der Waals surface area contributed by atoms with Crippen LogP contribution in [0.25, 0.3) is 0 Å². The molecule has 2 N–H and O–H groups in total. The fourth-order valence-electron chi connectivity index (χ4n) is 0.559. The van der Waals surface area contributed by atoms with Crippen molar-refractivity contribution in [3.05, 3.63) is 0 Å². The summed E-state index contributed by atoms with van der Waals surface area (Å²) in [5, 5.41) is 0.888. The highest BCUT2D eigenvalue weighted by Gasteiger charge is 2.75. The summed E-state index contributed by atoms with van der Waals surface area (Å²) in [6.45, 7) is 0. The second-order valence-corrected chi connectivity index (χ2v) is 4.47. The Morgan fingerprint density at radius 1 is 0.900 bits per heavy atom. The maximum absolute atomic E-state index is 12.5. The molecule has 0 bridgehead atoms. The number of hydrogen-bond donors (Lipinski definition) is 2. The molecule has 0 unspecified atom stereocenters. The monoisotopic (exact) mass is 342 g/mol. The lowest BCUT2D eigenvalue weighted by atomic mass is 10.3. The largest absolute Gasteiger partial charge is 0.477 e. The van der Waals surface area contributed by atoms with Crippen molar-refractivity contribution in [2.75, 3.05) is 0 Å². The van der Waals surface area contributed by atoms with Gasteiger partial charge in [0.15, 0.2) is 0 Å². The van der Waals surface area contributed by atoms with Crippen LogP contribution >= 0.6 is 0 Å². The Balaban J connectivity index is 5.67. The summed E-state index contributed by atoms with van der Waals surface area (Å²) in [5.41, 5.74) is 0. The van der Waals surface area contributed by atoms with E-state index in [-0.39, 0.29) is 0 Å². The van der Waals surface area contributed by atoms with Crippen LogP contribution in [0.1, 0.15) is 0 Å². The van der Waals surface area contributed by atoms with E-state index in [1.807, 2.05) is 0 Å². The van der Waals surface area contributed by atoms with Gasteiger partial charge in [0, 0.05) is 0 Å². The molecule has 0 saturated heterocycles. The number of carbonyl (C=O) groups is 1. The van der Waals surface area contributed by atoms with Crippen molar-refractivity contribution in [3.8, 4) is 0 Å². The number of aliphatic carboxylic acids is 1. The first kappa shape index (κ1) is 18.8. The summed E-state index contributed by atoms with van der Waals surface area (Å²) in [6.07, 6.45) is -13.6. The van der Waals surface area contributed by atoms with Crippen molar-refractivity contribution in [1.82, 2.24) is 0 Å². The molecule has 0 spiro atoms. The summed E-state index contributed by atoms with van der Waals surface area (Å²) in [7, 11) is -7.03. The van der Waals surface area contributed by atoms with Crippen LogP contribution in [0.15, 0.2) is 0 Å². The standard InChI is InChI=1S/C5H2F8O6S/c6-2(7,1(14)15)3(8,9)19-4(10,11)5(12,13)20(16,17)18/h(H,14,15)(H,16,17,18). The summed E-state index contributed by atoms with van der Waals surface area (Å²) in [6, 6.07) is 0. The van der Waals surface area contributed by atoms with Crippen LogP contribution in [-0.4, -0.2) is 47.4 Å². The SMILES string of the molecule is O=C(O)C(F)(F)C(F)(F)OC(F)(F)C(F)(F)S(=O)(=O)O. The summed E-state index contributed by atoms with van der Waals surface area (Å²) in [4.78, 5) is 9.69. The van der Waals surface area contributed by atoms with Gasteiger partial charge in [-0.05, 0) is 0 Å². The first-order valence-corrected chi connectivity index (χ1v) is 5.26. The predicted molar refractivity (Wildman–Crippen MR) is 40.1 cm³/mol. The molecule has 120 valence electrons. The van der Waals surface area contributed by atoms with Gasteiger partial charge in [-0.15, -0.1) is 0 Å². The van der Waals surface area contributed by atoms with E-state index >= 15 is 0 Å². The third kappa shape index (κ3) is 2.93. The van der Waals surface area contributed by atoms with Gasteiger partial charge in [0.2, 0.25) is 0 Å². The molecular formula is C5H2F8O6S. The minimum absolute atomic E-state index is 1.66. The summed E-state index contributed by atoms with van der Waals surface area (Å²) >= 11 is 0. The molecule has 0 aliphatic carbocycles. The van der Waals surface area contributed by atoms with Gasteiger partial charge >= 0.3 is 39.5 Å². The van der Waals surface area contributed by atoms with Gasteiger partial charge in [-0.2, -0.15) is 43.5 Å². The molecule has 0 amide bonds. The molecule has 0 aliphatic heterocycles. The lowest BCUT2D eigenvalue weighted by Crippen LogP contribution is -2.57. The van der Waals surface area contributed by atoms with Crippen molar-refractivity contribution in [3.63, 3.8) is 0 Å². The molecule has 0 fully saturated rings. The van der Waals surface area contributed by atoms with Crippen LogP contribution in [-0.2, 0) is 19.6 Å². The fraction of sp³-hybridized carbons (Fsp3) is 0.800. The molecule has 20 heavy (non-hydrogen) atoms. The Labute approximate surface area is 103 Å². The highest BCUT2D eigenvalue weighted by molar-refractivity contribution is 7.86. The number of ether oxygens (including phenoxy) is 1.